The maximum atomic E-state index is 12.9. The molecule has 8 heteroatoms. The molecule has 2 aromatic rings. The number of β-amino-alcohol motifs (C(OH)–C–C–N with tert-alkyl or cyclic N) is 1. The minimum absolute atomic E-state index is 0.0598. The Morgan fingerprint density at radius 2 is 1.81 bits per heavy atom. The molecule has 7 nitrogen and oxygen atoms in total. The van der Waals surface area contributed by atoms with Crippen molar-refractivity contribution >= 4 is 29.1 Å². The van der Waals surface area contributed by atoms with E-state index in [2.05, 4.69) is 10.6 Å². The number of hydrogen-bond donors (Lipinski definition) is 3. The fourth-order valence-corrected chi connectivity index (χ4v) is 2.54. The number of anilines is 2. The highest BCUT2D eigenvalue weighted by Crippen LogP contribution is 2.19. The number of imide groups is 1. The monoisotopic (exact) mass is 369 g/mol. The zero-order valence-corrected chi connectivity index (χ0v) is 14.1. The minimum atomic E-state index is -0.546. The molecule has 3 amide bonds. The van der Waals surface area contributed by atoms with Crippen molar-refractivity contribution < 1.29 is 23.9 Å². The predicted octanol–water partition coefficient (Wildman–Crippen LogP) is 1.73. The van der Waals surface area contributed by atoms with E-state index < -0.39 is 23.5 Å². The number of aliphatic hydroxyl groups is 1. The number of benzene rings is 2. The van der Waals surface area contributed by atoms with Crippen molar-refractivity contribution in [1.82, 2.24) is 4.90 Å². The molecule has 0 saturated heterocycles. The maximum Gasteiger partial charge on any atom is 0.277 e. The van der Waals surface area contributed by atoms with Crippen molar-refractivity contribution in [3.63, 3.8) is 0 Å². The van der Waals surface area contributed by atoms with E-state index in [0.717, 1.165) is 11.0 Å². The van der Waals surface area contributed by atoms with Crippen LogP contribution >= 0.6 is 0 Å². The van der Waals surface area contributed by atoms with Gasteiger partial charge in [-0.05, 0) is 42.5 Å². The second kappa shape index (κ2) is 7.79. The molecule has 0 fully saturated rings. The van der Waals surface area contributed by atoms with E-state index in [9.17, 15) is 18.8 Å². The van der Waals surface area contributed by atoms with E-state index in [0.29, 0.717) is 16.9 Å². The number of nitrogens with zero attached hydrogens (tertiary/aromatic N) is 1. The summed E-state index contributed by atoms with van der Waals surface area (Å²) in [7, 11) is 0. The summed E-state index contributed by atoms with van der Waals surface area (Å²) in [4.78, 5) is 37.2. The molecule has 1 aliphatic rings. The van der Waals surface area contributed by atoms with Crippen molar-refractivity contribution in [2.24, 2.45) is 0 Å². The molecule has 27 heavy (non-hydrogen) atoms. The smallest absolute Gasteiger partial charge is 0.277 e. The van der Waals surface area contributed by atoms with Gasteiger partial charge in [0.2, 0.25) is 0 Å². The fraction of sp³-hybridized carbons (Fsp3) is 0.105. The lowest BCUT2D eigenvalue weighted by Gasteiger charge is -2.13. The summed E-state index contributed by atoms with van der Waals surface area (Å²) in [5, 5.41) is 14.4. The number of carbonyl (C=O) groups excluding carboxylic acids is 3. The van der Waals surface area contributed by atoms with Gasteiger partial charge in [0.15, 0.2) is 0 Å². The zero-order chi connectivity index (χ0) is 19.4. The first-order chi connectivity index (χ1) is 13.0. The Morgan fingerprint density at radius 3 is 2.52 bits per heavy atom. The van der Waals surface area contributed by atoms with Crippen LogP contribution in [0, 0.1) is 5.82 Å². The molecule has 0 bridgehead atoms. The van der Waals surface area contributed by atoms with E-state index >= 15 is 0 Å². The third-order valence-electron chi connectivity index (χ3n) is 3.84. The standard InChI is InChI=1S/C19H16FN3O4/c20-13-4-6-14(7-5-13)22-18(26)12-2-1-3-15(10-12)21-16-11-17(25)23(8-9-24)19(16)27/h1-7,10-11,21,24H,8-9H2,(H,22,26). The number of hydrogen-bond acceptors (Lipinski definition) is 5. The van der Waals surface area contributed by atoms with Gasteiger partial charge in [0, 0.05) is 23.0 Å². The number of carbonyl (C=O) groups is 3. The Hall–Kier alpha value is -3.52. The van der Waals surface area contributed by atoms with Crippen LogP contribution in [0.2, 0.25) is 0 Å². The van der Waals surface area contributed by atoms with Crippen LogP contribution in [-0.2, 0) is 9.59 Å². The van der Waals surface area contributed by atoms with Gasteiger partial charge in [-0.2, -0.15) is 0 Å². The molecule has 0 aliphatic carbocycles. The van der Waals surface area contributed by atoms with Crippen LogP contribution in [0.25, 0.3) is 0 Å². The van der Waals surface area contributed by atoms with Gasteiger partial charge in [0.25, 0.3) is 17.7 Å². The van der Waals surface area contributed by atoms with Crippen molar-refractivity contribution in [1.29, 1.82) is 0 Å². The maximum absolute atomic E-state index is 12.9. The van der Waals surface area contributed by atoms with Crippen LogP contribution in [0.5, 0.6) is 0 Å². The lowest BCUT2D eigenvalue weighted by molar-refractivity contribution is -0.137. The second-order valence-corrected chi connectivity index (χ2v) is 5.74. The van der Waals surface area contributed by atoms with Crippen molar-refractivity contribution in [2.75, 3.05) is 23.8 Å². The Morgan fingerprint density at radius 1 is 1.07 bits per heavy atom. The largest absolute Gasteiger partial charge is 0.395 e. The van der Waals surface area contributed by atoms with Crippen molar-refractivity contribution in [3.05, 3.63) is 71.7 Å². The SMILES string of the molecule is O=C(Nc1ccc(F)cc1)c1cccc(NC2=CC(=O)N(CCO)C2=O)c1. The summed E-state index contributed by atoms with van der Waals surface area (Å²) in [5.41, 5.74) is 1.26. The highest BCUT2D eigenvalue weighted by molar-refractivity contribution is 6.17. The van der Waals surface area contributed by atoms with E-state index in [1.165, 1.54) is 30.3 Å². The van der Waals surface area contributed by atoms with Crippen LogP contribution in [0.1, 0.15) is 10.4 Å². The summed E-state index contributed by atoms with van der Waals surface area (Å²) < 4.78 is 12.9. The summed E-state index contributed by atoms with van der Waals surface area (Å²) in [6.45, 7) is -0.406. The van der Waals surface area contributed by atoms with Crippen LogP contribution in [-0.4, -0.2) is 40.9 Å². The van der Waals surface area contributed by atoms with Crippen LogP contribution in [0.15, 0.2) is 60.3 Å². The normalized spacial score (nSPS) is 13.6. The number of halogens is 1. The van der Waals surface area contributed by atoms with E-state index in [1.54, 1.807) is 18.2 Å². The summed E-state index contributed by atoms with van der Waals surface area (Å²) >= 11 is 0. The number of nitrogens with one attached hydrogen (secondary N) is 2. The van der Waals surface area contributed by atoms with E-state index in [-0.39, 0.29) is 18.8 Å². The van der Waals surface area contributed by atoms with Crippen LogP contribution in [0.4, 0.5) is 15.8 Å². The first kappa shape index (κ1) is 18.3. The molecule has 0 atom stereocenters. The molecule has 3 N–H and O–H groups in total. The second-order valence-electron chi connectivity index (χ2n) is 5.74. The van der Waals surface area contributed by atoms with E-state index in [4.69, 9.17) is 5.11 Å². The van der Waals surface area contributed by atoms with Gasteiger partial charge in [0.1, 0.15) is 11.5 Å². The molecular weight excluding hydrogens is 353 g/mol. The van der Waals surface area contributed by atoms with Crippen LogP contribution < -0.4 is 10.6 Å². The van der Waals surface area contributed by atoms with Gasteiger partial charge in [0.05, 0.1) is 13.2 Å². The first-order valence-corrected chi connectivity index (χ1v) is 8.10. The number of amides is 3. The topological polar surface area (TPSA) is 98.7 Å². The van der Waals surface area contributed by atoms with Crippen molar-refractivity contribution in [2.45, 2.75) is 0 Å². The molecule has 1 aliphatic heterocycles. The predicted molar refractivity (Wildman–Crippen MR) is 96.3 cm³/mol. The average molecular weight is 369 g/mol. The molecule has 0 saturated carbocycles. The fourth-order valence-electron chi connectivity index (χ4n) is 2.54. The molecule has 2 aromatic carbocycles. The van der Waals surface area contributed by atoms with Gasteiger partial charge < -0.3 is 15.7 Å². The van der Waals surface area contributed by atoms with Crippen molar-refractivity contribution in [3.8, 4) is 0 Å². The van der Waals surface area contributed by atoms with Gasteiger partial charge in [-0.15, -0.1) is 0 Å². The van der Waals surface area contributed by atoms with E-state index in [1.807, 2.05) is 0 Å². The summed E-state index contributed by atoms with van der Waals surface area (Å²) in [6, 6.07) is 11.7. The highest BCUT2D eigenvalue weighted by Gasteiger charge is 2.30. The first-order valence-electron chi connectivity index (χ1n) is 8.10. The Kier molecular flexibility index (Phi) is 5.28. The number of aliphatic hydroxyl groups excluding tert-OH is 1. The molecule has 0 spiro atoms. The van der Waals surface area contributed by atoms with Gasteiger partial charge >= 0.3 is 0 Å². The minimum Gasteiger partial charge on any atom is -0.395 e. The summed E-state index contributed by atoms with van der Waals surface area (Å²) in [6.07, 6.45) is 1.14. The zero-order valence-electron chi connectivity index (χ0n) is 14.1. The lowest BCUT2D eigenvalue weighted by atomic mass is 10.1. The molecule has 138 valence electrons. The third kappa shape index (κ3) is 4.18. The summed E-state index contributed by atoms with van der Waals surface area (Å²) in [5.74, 6) is -1.87. The van der Waals surface area contributed by atoms with Gasteiger partial charge in [-0.1, -0.05) is 6.07 Å². The Bertz CT molecular complexity index is 925. The van der Waals surface area contributed by atoms with Gasteiger partial charge in [-0.25, -0.2) is 4.39 Å². The average Bonchev–Trinajstić information content (AvgIpc) is 2.91. The molecular formula is C19H16FN3O4. The lowest BCUT2D eigenvalue weighted by Crippen LogP contribution is -2.34. The molecule has 0 unspecified atom stereocenters. The van der Waals surface area contributed by atoms with Crippen LogP contribution in [0.3, 0.4) is 0 Å². The Balaban J connectivity index is 1.71. The third-order valence-corrected chi connectivity index (χ3v) is 3.84. The number of rotatable bonds is 6. The Labute approximate surface area is 154 Å². The molecule has 0 aromatic heterocycles. The quantitative estimate of drug-likeness (QED) is 0.674. The van der Waals surface area contributed by atoms with Gasteiger partial charge in [-0.3, -0.25) is 19.3 Å². The highest BCUT2D eigenvalue weighted by atomic mass is 19.1. The molecule has 0 radical (unpaired) electrons. The molecule has 1 heterocycles. The molecule has 3 rings (SSSR count).